The van der Waals surface area contributed by atoms with Gasteiger partial charge >= 0.3 is 0 Å². The first-order valence-electron chi connectivity index (χ1n) is 12.2. The number of rotatable bonds is 11. The third-order valence-corrected chi connectivity index (χ3v) is 7.26. The number of carbonyl (C=O) groups excluding carboxylic acids is 1. The predicted octanol–water partition coefficient (Wildman–Crippen LogP) is 2.90. The van der Waals surface area contributed by atoms with Crippen molar-refractivity contribution < 1.29 is 14.1 Å². The molecule has 7 nitrogen and oxygen atoms in total. The standard InChI is InChI=1S/C24H42N4O3/c1-5-27-12-6-7-22(27)18-28(17-21-10-13-26(14-11-21)15-16-30-4)24(29)9-8-23-19(2)25-31-20(23)3/h21-22H,5-18H2,1-4H3. The summed E-state index contributed by atoms with van der Waals surface area (Å²) in [7, 11) is 1.77. The zero-order chi connectivity index (χ0) is 22.2. The van der Waals surface area contributed by atoms with Gasteiger partial charge in [0.2, 0.25) is 5.91 Å². The molecule has 1 aromatic heterocycles. The molecular weight excluding hydrogens is 392 g/mol. The molecule has 176 valence electrons. The van der Waals surface area contributed by atoms with Crippen LogP contribution in [0.3, 0.4) is 0 Å². The highest BCUT2D eigenvalue weighted by atomic mass is 16.5. The number of likely N-dealkylation sites (N-methyl/N-ethyl adjacent to an activating group) is 1. The number of methoxy groups -OCH3 is 1. The Morgan fingerprint density at radius 1 is 1.19 bits per heavy atom. The van der Waals surface area contributed by atoms with Crippen LogP contribution in [0.25, 0.3) is 0 Å². The molecule has 3 rings (SSSR count). The van der Waals surface area contributed by atoms with Gasteiger partial charge in [0, 0.05) is 44.8 Å². The third-order valence-electron chi connectivity index (χ3n) is 7.26. The van der Waals surface area contributed by atoms with E-state index in [1.807, 2.05) is 13.8 Å². The average Bonchev–Trinajstić information content (AvgIpc) is 3.36. The topological polar surface area (TPSA) is 62.1 Å². The monoisotopic (exact) mass is 434 g/mol. The van der Waals surface area contributed by atoms with Crippen LogP contribution in [0.5, 0.6) is 0 Å². The number of piperidine rings is 1. The third kappa shape index (κ3) is 6.77. The summed E-state index contributed by atoms with van der Waals surface area (Å²) in [6.45, 7) is 14.2. The number of aryl methyl sites for hydroxylation is 2. The second-order valence-corrected chi connectivity index (χ2v) is 9.30. The minimum Gasteiger partial charge on any atom is -0.383 e. The van der Waals surface area contributed by atoms with Crippen molar-refractivity contribution in [1.29, 1.82) is 0 Å². The number of hydrogen-bond donors (Lipinski definition) is 0. The molecule has 2 aliphatic rings. The molecule has 1 aromatic rings. The van der Waals surface area contributed by atoms with Crippen molar-refractivity contribution in [3.8, 4) is 0 Å². The Labute approximate surface area is 188 Å². The minimum absolute atomic E-state index is 0.282. The number of ether oxygens (including phenoxy) is 1. The Kier molecular flexibility index (Phi) is 9.35. The summed E-state index contributed by atoms with van der Waals surface area (Å²) < 4.78 is 10.5. The molecule has 2 fully saturated rings. The van der Waals surface area contributed by atoms with Gasteiger partial charge in [-0.3, -0.25) is 9.69 Å². The molecule has 0 aromatic carbocycles. The lowest BCUT2D eigenvalue weighted by molar-refractivity contribution is -0.132. The molecule has 0 aliphatic carbocycles. The van der Waals surface area contributed by atoms with Crippen LogP contribution in [0.2, 0.25) is 0 Å². The van der Waals surface area contributed by atoms with Crippen LogP contribution in [-0.2, 0) is 16.0 Å². The van der Waals surface area contributed by atoms with Crippen molar-refractivity contribution in [3.63, 3.8) is 0 Å². The zero-order valence-corrected chi connectivity index (χ0v) is 20.1. The fraction of sp³-hybridized carbons (Fsp3) is 0.833. The van der Waals surface area contributed by atoms with Crippen molar-refractivity contribution >= 4 is 5.91 Å². The van der Waals surface area contributed by atoms with Gasteiger partial charge < -0.3 is 19.1 Å². The Hall–Kier alpha value is -1.44. The molecule has 1 unspecified atom stereocenters. The SMILES string of the molecule is CCN1CCCC1CN(CC1CCN(CCOC)CC1)C(=O)CCc1c(C)noc1C. The van der Waals surface area contributed by atoms with Gasteiger partial charge in [0.15, 0.2) is 0 Å². The van der Waals surface area contributed by atoms with Gasteiger partial charge in [-0.05, 0) is 78.0 Å². The first-order valence-corrected chi connectivity index (χ1v) is 12.2. The highest BCUT2D eigenvalue weighted by Crippen LogP contribution is 2.23. The van der Waals surface area contributed by atoms with Gasteiger partial charge in [0.1, 0.15) is 5.76 Å². The Morgan fingerprint density at radius 3 is 2.61 bits per heavy atom. The lowest BCUT2D eigenvalue weighted by Crippen LogP contribution is -2.46. The smallest absolute Gasteiger partial charge is 0.222 e. The van der Waals surface area contributed by atoms with Crippen LogP contribution in [0.1, 0.15) is 56.0 Å². The second-order valence-electron chi connectivity index (χ2n) is 9.30. The fourth-order valence-corrected chi connectivity index (χ4v) is 5.22. The summed E-state index contributed by atoms with van der Waals surface area (Å²) >= 11 is 0. The Morgan fingerprint density at radius 2 is 1.97 bits per heavy atom. The number of carbonyl (C=O) groups is 1. The number of nitrogens with zero attached hydrogens (tertiary/aromatic N) is 4. The first-order chi connectivity index (χ1) is 15.0. The van der Waals surface area contributed by atoms with Gasteiger partial charge in [0.25, 0.3) is 0 Å². The minimum atomic E-state index is 0.282. The number of likely N-dealkylation sites (tertiary alicyclic amines) is 2. The summed E-state index contributed by atoms with van der Waals surface area (Å²) in [6, 6.07) is 0.509. The molecule has 3 heterocycles. The quantitative estimate of drug-likeness (QED) is 0.534. The number of amides is 1. The summed E-state index contributed by atoms with van der Waals surface area (Å²) in [5.74, 6) is 1.72. The molecule has 31 heavy (non-hydrogen) atoms. The van der Waals surface area contributed by atoms with Crippen molar-refractivity contribution in [2.45, 2.75) is 65.3 Å². The maximum Gasteiger partial charge on any atom is 0.222 e. The first kappa shape index (κ1) is 24.2. The van der Waals surface area contributed by atoms with Crippen molar-refractivity contribution in [3.05, 3.63) is 17.0 Å². The largest absolute Gasteiger partial charge is 0.383 e. The van der Waals surface area contributed by atoms with Crippen LogP contribution >= 0.6 is 0 Å². The Bertz CT molecular complexity index is 665. The highest BCUT2D eigenvalue weighted by Gasteiger charge is 2.29. The lowest BCUT2D eigenvalue weighted by Gasteiger charge is -2.36. The molecule has 0 spiro atoms. The molecule has 1 amide bonds. The molecule has 1 atom stereocenters. The number of aromatic nitrogens is 1. The van der Waals surface area contributed by atoms with Crippen LogP contribution in [0.4, 0.5) is 0 Å². The summed E-state index contributed by atoms with van der Waals surface area (Å²) in [4.78, 5) is 20.6. The van der Waals surface area contributed by atoms with E-state index in [0.29, 0.717) is 24.8 Å². The van der Waals surface area contributed by atoms with E-state index >= 15 is 0 Å². The lowest BCUT2D eigenvalue weighted by atomic mass is 9.95. The highest BCUT2D eigenvalue weighted by molar-refractivity contribution is 5.76. The Balaban J connectivity index is 1.58. The van der Waals surface area contributed by atoms with Crippen molar-refractivity contribution in [2.75, 3.05) is 59.5 Å². The molecule has 2 aliphatic heterocycles. The van der Waals surface area contributed by atoms with Gasteiger partial charge in [-0.2, -0.15) is 0 Å². The molecule has 0 saturated carbocycles. The van der Waals surface area contributed by atoms with E-state index in [2.05, 4.69) is 26.8 Å². The van der Waals surface area contributed by atoms with Crippen LogP contribution in [0.15, 0.2) is 4.52 Å². The van der Waals surface area contributed by atoms with Crippen LogP contribution in [0, 0.1) is 19.8 Å². The van der Waals surface area contributed by atoms with Crippen molar-refractivity contribution in [2.24, 2.45) is 5.92 Å². The maximum atomic E-state index is 13.4. The van der Waals surface area contributed by atoms with E-state index in [0.717, 1.165) is 62.9 Å². The van der Waals surface area contributed by atoms with E-state index in [-0.39, 0.29) is 5.91 Å². The van der Waals surface area contributed by atoms with E-state index in [4.69, 9.17) is 9.26 Å². The molecule has 0 radical (unpaired) electrons. The molecular formula is C24H42N4O3. The van der Waals surface area contributed by atoms with Gasteiger partial charge in [-0.15, -0.1) is 0 Å². The van der Waals surface area contributed by atoms with Gasteiger partial charge in [0.05, 0.1) is 12.3 Å². The van der Waals surface area contributed by atoms with Crippen LogP contribution in [-0.4, -0.2) is 91.3 Å². The second kappa shape index (κ2) is 12.0. The zero-order valence-electron chi connectivity index (χ0n) is 20.1. The predicted molar refractivity (Wildman–Crippen MR) is 122 cm³/mol. The summed E-state index contributed by atoms with van der Waals surface area (Å²) in [5, 5.41) is 4.04. The van der Waals surface area contributed by atoms with Gasteiger partial charge in [-0.25, -0.2) is 0 Å². The summed E-state index contributed by atoms with van der Waals surface area (Å²) in [5.41, 5.74) is 2.00. The molecule has 0 N–H and O–H groups in total. The molecule has 0 bridgehead atoms. The van der Waals surface area contributed by atoms with E-state index < -0.39 is 0 Å². The normalized spacial score (nSPS) is 21.1. The molecule has 7 heteroatoms. The fourth-order valence-electron chi connectivity index (χ4n) is 5.22. The summed E-state index contributed by atoms with van der Waals surface area (Å²) in [6.07, 6.45) is 6.04. The van der Waals surface area contributed by atoms with E-state index in [1.54, 1.807) is 7.11 Å². The van der Waals surface area contributed by atoms with E-state index in [1.165, 1.54) is 32.2 Å². The average molecular weight is 435 g/mol. The molecule has 2 saturated heterocycles. The van der Waals surface area contributed by atoms with Crippen LogP contribution < -0.4 is 0 Å². The maximum absolute atomic E-state index is 13.4. The van der Waals surface area contributed by atoms with Gasteiger partial charge in [-0.1, -0.05) is 12.1 Å². The van der Waals surface area contributed by atoms with Crippen molar-refractivity contribution in [1.82, 2.24) is 19.9 Å². The number of hydrogen-bond acceptors (Lipinski definition) is 6. The van der Waals surface area contributed by atoms with E-state index in [9.17, 15) is 4.79 Å².